The third-order valence-corrected chi connectivity index (χ3v) is 3.62. The van der Waals surface area contributed by atoms with Crippen LogP contribution in [0.4, 0.5) is 4.39 Å². The van der Waals surface area contributed by atoms with Gasteiger partial charge < -0.3 is 14.0 Å². The highest BCUT2D eigenvalue weighted by molar-refractivity contribution is 5.40. The molecule has 0 unspecified atom stereocenters. The lowest BCUT2D eigenvalue weighted by Crippen LogP contribution is -2.10. The summed E-state index contributed by atoms with van der Waals surface area (Å²) in [4.78, 5) is 4.21. The Bertz CT molecular complexity index is 830. The number of nitrogens with zero attached hydrogens (tertiary/aromatic N) is 2. The molecule has 0 spiro atoms. The van der Waals surface area contributed by atoms with E-state index in [2.05, 4.69) is 4.98 Å². The lowest BCUT2D eigenvalue weighted by atomic mass is 10.2. The Morgan fingerprint density at radius 2 is 1.88 bits per heavy atom. The summed E-state index contributed by atoms with van der Waals surface area (Å²) in [7, 11) is 0. The van der Waals surface area contributed by atoms with E-state index >= 15 is 0 Å². The third kappa shape index (κ3) is 3.74. The molecular formula is C19H19FN2O2. The van der Waals surface area contributed by atoms with Crippen LogP contribution in [0.1, 0.15) is 11.4 Å². The molecule has 124 valence electrons. The van der Waals surface area contributed by atoms with Gasteiger partial charge in [-0.2, -0.15) is 0 Å². The van der Waals surface area contributed by atoms with E-state index < -0.39 is 0 Å². The zero-order valence-corrected chi connectivity index (χ0v) is 13.7. The maximum absolute atomic E-state index is 13.7. The number of benzene rings is 2. The van der Waals surface area contributed by atoms with Crippen molar-refractivity contribution >= 4 is 0 Å². The fourth-order valence-corrected chi connectivity index (χ4v) is 2.41. The first-order valence-corrected chi connectivity index (χ1v) is 7.75. The Morgan fingerprint density at radius 1 is 1.04 bits per heavy atom. The Hall–Kier alpha value is -2.82. The van der Waals surface area contributed by atoms with E-state index in [-0.39, 0.29) is 18.2 Å². The van der Waals surface area contributed by atoms with Crippen molar-refractivity contribution in [2.75, 3.05) is 13.2 Å². The number of hydrogen-bond donors (Lipinski definition) is 0. The minimum absolute atomic E-state index is 0.243. The summed E-state index contributed by atoms with van der Waals surface area (Å²) < 4.78 is 26.8. The first kappa shape index (κ1) is 16.1. The SMILES string of the molecule is Cc1ccc(OCCOc2cccc(-n3ccnc3C)c2)c(F)c1. The van der Waals surface area contributed by atoms with Crippen LogP contribution in [0.15, 0.2) is 54.9 Å². The normalized spacial score (nSPS) is 10.6. The maximum atomic E-state index is 13.7. The first-order valence-electron chi connectivity index (χ1n) is 7.75. The molecule has 0 saturated heterocycles. The van der Waals surface area contributed by atoms with E-state index in [1.54, 1.807) is 12.3 Å². The Morgan fingerprint density at radius 3 is 2.62 bits per heavy atom. The lowest BCUT2D eigenvalue weighted by Gasteiger charge is -2.11. The van der Waals surface area contributed by atoms with Gasteiger partial charge in [0.05, 0.1) is 5.69 Å². The highest BCUT2D eigenvalue weighted by atomic mass is 19.1. The molecule has 0 radical (unpaired) electrons. The van der Waals surface area contributed by atoms with E-state index in [4.69, 9.17) is 9.47 Å². The van der Waals surface area contributed by atoms with Gasteiger partial charge in [0.2, 0.25) is 0 Å². The topological polar surface area (TPSA) is 36.3 Å². The zero-order chi connectivity index (χ0) is 16.9. The molecule has 5 heteroatoms. The monoisotopic (exact) mass is 326 g/mol. The minimum Gasteiger partial charge on any atom is -0.490 e. The molecule has 0 aliphatic carbocycles. The second-order valence-corrected chi connectivity index (χ2v) is 5.47. The van der Waals surface area contributed by atoms with Crippen LogP contribution in [-0.4, -0.2) is 22.8 Å². The number of rotatable bonds is 6. The van der Waals surface area contributed by atoms with E-state index in [1.165, 1.54) is 6.07 Å². The summed E-state index contributed by atoms with van der Waals surface area (Å²) in [5.41, 5.74) is 1.84. The van der Waals surface area contributed by atoms with Gasteiger partial charge in [0.15, 0.2) is 11.6 Å². The van der Waals surface area contributed by atoms with E-state index in [0.717, 1.165) is 22.8 Å². The van der Waals surface area contributed by atoms with Gasteiger partial charge in [-0.15, -0.1) is 0 Å². The smallest absolute Gasteiger partial charge is 0.165 e. The quantitative estimate of drug-likeness (QED) is 0.640. The fourth-order valence-electron chi connectivity index (χ4n) is 2.41. The van der Waals surface area contributed by atoms with Gasteiger partial charge in [0, 0.05) is 18.5 Å². The van der Waals surface area contributed by atoms with Crippen LogP contribution < -0.4 is 9.47 Å². The molecule has 24 heavy (non-hydrogen) atoms. The van der Waals surface area contributed by atoms with Crippen LogP contribution in [0.3, 0.4) is 0 Å². The number of aromatic nitrogens is 2. The minimum atomic E-state index is -0.354. The molecule has 4 nitrogen and oxygen atoms in total. The number of ether oxygens (including phenoxy) is 2. The van der Waals surface area contributed by atoms with Crippen LogP contribution >= 0.6 is 0 Å². The van der Waals surface area contributed by atoms with Gasteiger partial charge in [-0.1, -0.05) is 12.1 Å². The van der Waals surface area contributed by atoms with Crippen LogP contribution in [0.25, 0.3) is 5.69 Å². The van der Waals surface area contributed by atoms with Crippen molar-refractivity contribution in [1.29, 1.82) is 0 Å². The van der Waals surface area contributed by atoms with Crippen molar-refractivity contribution in [2.45, 2.75) is 13.8 Å². The molecule has 3 rings (SSSR count). The molecule has 0 amide bonds. The third-order valence-electron chi connectivity index (χ3n) is 3.62. The summed E-state index contributed by atoms with van der Waals surface area (Å²) in [5.74, 6) is 1.53. The molecule has 0 saturated carbocycles. The Labute approximate surface area is 140 Å². The molecule has 1 heterocycles. The highest BCUT2D eigenvalue weighted by Crippen LogP contribution is 2.19. The molecular weight excluding hydrogens is 307 g/mol. The summed E-state index contributed by atoms with van der Waals surface area (Å²) >= 11 is 0. The highest BCUT2D eigenvalue weighted by Gasteiger charge is 2.04. The molecule has 0 bridgehead atoms. The number of imidazole rings is 1. The second kappa shape index (κ2) is 7.17. The summed E-state index contributed by atoms with van der Waals surface area (Å²) in [6, 6.07) is 12.6. The van der Waals surface area contributed by atoms with Crippen molar-refractivity contribution in [2.24, 2.45) is 0 Å². The van der Waals surface area contributed by atoms with E-state index in [9.17, 15) is 4.39 Å². The first-order chi connectivity index (χ1) is 11.6. The average Bonchev–Trinajstić information content (AvgIpc) is 2.99. The number of halogens is 1. The van der Waals surface area contributed by atoms with Gasteiger partial charge in [-0.05, 0) is 43.7 Å². The standard InChI is InChI=1S/C19H19FN2O2/c1-14-6-7-19(18(20)12-14)24-11-10-23-17-5-3-4-16(13-17)22-9-8-21-15(22)2/h3-9,12-13H,10-11H2,1-2H3. The Kier molecular flexibility index (Phi) is 4.79. The lowest BCUT2D eigenvalue weighted by molar-refractivity contribution is 0.211. The number of aryl methyl sites for hydroxylation is 2. The molecule has 3 aromatic rings. The van der Waals surface area contributed by atoms with Gasteiger partial charge in [0.25, 0.3) is 0 Å². The van der Waals surface area contributed by atoms with Gasteiger partial charge in [-0.25, -0.2) is 9.37 Å². The summed E-state index contributed by atoms with van der Waals surface area (Å²) in [6.45, 7) is 4.39. The van der Waals surface area contributed by atoms with Crippen molar-refractivity contribution in [1.82, 2.24) is 9.55 Å². The van der Waals surface area contributed by atoms with Gasteiger partial charge in [-0.3, -0.25) is 0 Å². The molecule has 0 atom stereocenters. The largest absolute Gasteiger partial charge is 0.490 e. The van der Waals surface area contributed by atoms with E-state index in [1.807, 2.05) is 54.9 Å². The van der Waals surface area contributed by atoms with Crippen molar-refractivity contribution < 1.29 is 13.9 Å². The predicted molar refractivity (Wildman–Crippen MR) is 90.4 cm³/mol. The molecule has 2 aromatic carbocycles. The maximum Gasteiger partial charge on any atom is 0.165 e. The van der Waals surface area contributed by atoms with Gasteiger partial charge >= 0.3 is 0 Å². The molecule has 0 aliphatic rings. The summed E-state index contributed by atoms with van der Waals surface area (Å²) in [5, 5.41) is 0. The summed E-state index contributed by atoms with van der Waals surface area (Å²) in [6.07, 6.45) is 3.66. The van der Waals surface area contributed by atoms with Gasteiger partial charge in [0.1, 0.15) is 24.8 Å². The van der Waals surface area contributed by atoms with Crippen LogP contribution in [-0.2, 0) is 0 Å². The van der Waals surface area contributed by atoms with Crippen molar-refractivity contribution in [3.05, 3.63) is 72.1 Å². The van der Waals surface area contributed by atoms with Crippen molar-refractivity contribution in [3.63, 3.8) is 0 Å². The molecule has 1 aromatic heterocycles. The zero-order valence-electron chi connectivity index (χ0n) is 13.7. The Balaban J connectivity index is 1.56. The predicted octanol–water partition coefficient (Wildman–Crippen LogP) is 4.09. The van der Waals surface area contributed by atoms with E-state index in [0.29, 0.717) is 6.61 Å². The molecule has 0 fully saturated rings. The van der Waals surface area contributed by atoms with Crippen LogP contribution in [0.2, 0.25) is 0 Å². The molecule has 0 N–H and O–H groups in total. The van der Waals surface area contributed by atoms with Crippen LogP contribution in [0.5, 0.6) is 11.5 Å². The van der Waals surface area contributed by atoms with Crippen LogP contribution in [0, 0.1) is 19.7 Å². The molecule has 0 aliphatic heterocycles. The fraction of sp³-hybridized carbons (Fsp3) is 0.211. The average molecular weight is 326 g/mol. The van der Waals surface area contributed by atoms with Crippen molar-refractivity contribution in [3.8, 4) is 17.2 Å². The number of hydrogen-bond acceptors (Lipinski definition) is 3. The second-order valence-electron chi connectivity index (χ2n) is 5.47.